The Labute approximate surface area is 103 Å². The van der Waals surface area contributed by atoms with Crippen LogP contribution in [0.2, 0.25) is 0 Å². The maximum atomic E-state index is 10.4. The van der Waals surface area contributed by atoms with Crippen LogP contribution in [-0.4, -0.2) is 21.0 Å². The Bertz CT molecular complexity index is 412. The van der Waals surface area contributed by atoms with Crippen LogP contribution in [0.25, 0.3) is 0 Å². The average Bonchev–Trinajstić information content (AvgIpc) is 2.94. The lowest BCUT2D eigenvalue weighted by molar-refractivity contribution is 0.0735. The Morgan fingerprint density at radius 3 is 2.82 bits per heavy atom. The second-order valence-corrected chi connectivity index (χ2v) is 6.01. The van der Waals surface area contributed by atoms with Crippen LogP contribution in [0.15, 0.2) is 6.07 Å². The molecule has 3 nitrogen and oxygen atoms in total. The van der Waals surface area contributed by atoms with Gasteiger partial charge in [-0.1, -0.05) is 6.42 Å². The van der Waals surface area contributed by atoms with Crippen LogP contribution >= 0.6 is 0 Å². The third kappa shape index (κ3) is 2.01. The summed E-state index contributed by atoms with van der Waals surface area (Å²) in [5.41, 5.74) is 2.21. The summed E-state index contributed by atoms with van der Waals surface area (Å²) in [4.78, 5) is 0. The maximum Gasteiger partial charge on any atom is 0.0626 e. The Balaban J connectivity index is 1.67. The number of aryl methyl sites for hydroxylation is 2. The van der Waals surface area contributed by atoms with E-state index in [9.17, 15) is 5.11 Å². The molecule has 2 saturated carbocycles. The van der Waals surface area contributed by atoms with E-state index in [0.717, 1.165) is 29.6 Å². The van der Waals surface area contributed by atoms with Gasteiger partial charge in [0, 0.05) is 19.2 Å². The highest BCUT2D eigenvalue weighted by Crippen LogP contribution is 2.49. The Morgan fingerprint density at radius 2 is 2.29 bits per heavy atom. The van der Waals surface area contributed by atoms with Crippen LogP contribution < -0.4 is 0 Å². The number of fused-ring (bicyclic) bond motifs is 2. The standard InChI is InChI=1S/C14H22N2O/c1-9-5-12(16(2)15-9)8-14(17)13-7-10-3-4-11(13)6-10/h5,10-11,13-14,17H,3-4,6-8H2,1-2H3. The second-order valence-electron chi connectivity index (χ2n) is 6.01. The third-order valence-corrected chi connectivity index (χ3v) is 4.80. The van der Waals surface area contributed by atoms with Gasteiger partial charge in [-0.05, 0) is 50.0 Å². The average molecular weight is 234 g/mol. The van der Waals surface area contributed by atoms with Crippen molar-refractivity contribution in [2.75, 3.05) is 0 Å². The highest BCUT2D eigenvalue weighted by atomic mass is 16.3. The fourth-order valence-electron chi connectivity index (χ4n) is 3.99. The minimum atomic E-state index is -0.167. The summed E-state index contributed by atoms with van der Waals surface area (Å²) >= 11 is 0. The van der Waals surface area contributed by atoms with Gasteiger partial charge in [0.1, 0.15) is 0 Å². The van der Waals surface area contributed by atoms with Gasteiger partial charge >= 0.3 is 0 Å². The summed E-state index contributed by atoms with van der Waals surface area (Å²) in [6.07, 6.45) is 5.97. The van der Waals surface area contributed by atoms with E-state index in [0.29, 0.717) is 5.92 Å². The molecule has 1 N–H and O–H groups in total. The van der Waals surface area contributed by atoms with Crippen LogP contribution in [0.3, 0.4) is 0 Å². The first-order valence-electron chi connectivity index (χ1n) is 6.81. The first kappa shape index (κ1) is 11.3. The van der Waals surface area contributed by atoms with Gasteiger partial charge < -0.3 is 5.11 Å². The van der Waals surface area contributed by atoms with Crippen LogP contribution in [0.1, 0.15) is 37.1 Å². The van der Waals surface area contributed by atoms with E-state index < -0.39 is 0 Å². The summed E-state index contributed by atoms with van der Waals surface area (Å²) in [6.45, 7) is 2.01. The molecule has 3 heteroatoms. The molecule has 4 unspecified atom stereocenters. The summed E-state index contributed by atoms with van der Waals surface area (Å²) in [5, 5.41) is 14.8. The topological polar surface area (TPSA) is 38.0 Å². The molecule has 2 aliphatic carbocycles. The van der Waals surface area contributed by atoms with Crippen molar-refractivity contribution in [1.29, 1.82) is 0 Å². The zero-order chi connectivity index (χ0) is 12.0. The highest BCUT2D eigenvalue weighted by molar-refractivity contribution is 5.10. The van der Waals surface area contributed by atoms with Gasteiger partial charge in [0.15, 0.2) is 0 Å². The van der Waals surface area contributed by atoms with E-state index in [4.69, 9.17) is 0 Å². The molecule has 0 amide bonds. The molecule has 1 heterocycles. The summed E-state index contributed by atoms with van der Waals surface area (Å²) in [6, 6.07) is 2.09. The number of aliphatic hydroxyl groups excluding tert-OH is 1. The minimum Gasteiger partial charge on any atom is -0.392 e. The minimum absolute atomic E-state index is 0.167. The molecule has 0 spiro atoms. The van der Waals surface area contributed by atoms with Crippen molar-refractivity contribution in [3.05, 3.63) is 17.5 Å². The molecule has 94 valence electrons. The predicted molar refractivity (Wildman–Crippen MR) is 66.6 cm³/mol. The van der Waals surface area contributed by atoms with Crippen molar-refractivity contribution in [3.8, 4) is 0 Å². The largest absolute Gasteiger partial charge is 0.392 e. The van der Waals surface area contributed by atoms with Crippen LogP contribution in [0.5, 0.6) is 0 Å². The molecule has 0 radical (unpaired) electrons. The maximum absolute atomic E-state index is 10.4. The molecular weight excluding hydrogens is 212 g/mol. The summed E-state index contributed by atoms with van der Waals surface area (Å²) in [7, 11) is 1.97. The number of rotatable bonds is 3. The number of hydrogen-bond acceptors (Lipinski definition) is 2. The molecule has 0 aromatic carbocycles. The molecule has 0 saturated heterocycles. The van der Waals surface area contributed by atoms with Gasteiger partial charge in [0.25, 0.3) is 0 Å². The lowest BCUT2D eigenvalue weighted by Crippen LogP contribution is -2.28. The lowest BCUT2D eigenvalue weighted by Gasteiger charge is -2.26. The Hall–Kier alpha value is -0.830. The molecule has 2 bridgehead atoms. The molecule has 4 atom stereocenters. The van der Waals surface area contributed by atoms with Gasteiger partial charge in [0.05, 0.1) is 11.8 Å². The molecule has 2 fully saturated rings. The fraction of sp³-hybridized carbons (Fsp3) is 0.786. The zero-order valence-electron chi connectivity index (χ0n) is 10.8. The predicted octanol–water partition coefficient (Wildman–Crippen LogP) is 2.07. The summed E-state index contributed by atoms with van der Waals surface area (Å²) in [5.74, 6) is 2.25. The van der Waals surface area contributed by atoms with Gasteiger partial charge in [-0.3, -0.25) is 4.68 Å². The fourth-order valence-corrected chi connectivity index (χ4v) is 3.99. The van der Waals surface area contributed by atoms with E-state index >= 15 is 0 Å². The Kier molecular flexibility index (Phi) is 2.74. The van der Waals surface area contributed by atoms with Crippen molar-refractivity contribution >= 4 is 0 Å². The zero-order valence-corrected chi connectivity index (χ0v) is 10.8. The van der Waals surface area contributed by atoms with Crippen molar-refractivity contribution in [3.63, 3.8) is 0 Å². The van der Waals surface area contributed by atoms with Crippen molar-refractivity contribution < 1.29 is 5.11 Å². The first-order chi connectivity index (χ1) is 8.13. The van der Waals surface area contributed by atoms with E-state index in [2.05, 4.69) is 11.2 Å². The number of nitrogens with zero attached hydrogens (tertiary/aromatic N) is 2. The number of aliphatic hydroxyl groups is 1. The van der Waals surface area contributed by atoms with Crippen molar-refractivity contribution in [1.82, 2.24) is 9.78 Å². The van der Waals surface area contributed by atoms with Crippen LogP contribution in [0, 0.1) is 24.7 Å². The third-order valence-electron chi connectivity index (χ3n) is 4.80. The molecule has 3 rings (SSSR count). The molecule has 1 aromatic rings. The van der Waals surface area contributed by atoms with E-state index in [-0.39, 0.29) is 6.10 Å². The highest BCUT2D eigenvalue weighted by Gasteiger charge is 2.42. The first-order valence-corrected chi connectivity index (χ1v) is 6.81. The molecule has 1 aromatic heterocycles. The molecule has 2 aliphatic rings. The van der Waals surface area contributed by atoms with Crippen molar-refractivity contribution in [2.24, 2.45) is 24.8 Å². The van der Waals surface area contributed by atoms with Gasteiger partial charge in [0.2, 0.25) is 0 Å². The molecular formula is C14H22N2O. The quantitative estimate of drug-likeness (QED) is 0.869. The van der Waals surface area contributed by atoms with E-state index in [1.165, 1.54) is 25.7 Å². The van der Waals surface area contributed by atoms with E-state index in [1.807, 2.05) is 18.7 Å². The van der Waals surface area contributed by atoms with E-state index in [1.54, 1.807) is 0 Å². The van der Waals surface area contributed by atoms with Crippen LogP contribution in [-0.2, 0) is 13.5 Å². The smallest absolute Gasteiger partial charge is 0.0626 e. The van der Waals surface area contributed by atoms with Crippen molar-refractivity contribution in [2.45, 2.75) is 45.1 Å². The SMILES string of the molecule is Cc1cc(CC(O)C2CC3CCC2C3)n(C)n1. The number of aromatic nitrogens is 2. The normalized spacial score (nSPS) is 33.2. The van der Waals surface area contributed by atoms with Gasteiger partial charge in [-0.2, -0.15) is 5.10 Å². The number of hydrogen-bond donors (Lipinski definition) is 1. The second kappa shape index (κ2) is 4.13. The monoisotopic (exact) mass is 234 g/mol. The van der Waals surface area contributed by atoms with Gasteiger partial charge in [-0.25, -0.2) is 0 Å². The summed E-state index contributed by atoms with van der Waals surface area (Å²) < 4.78 is 1.91. The van der Waals surface area contributed by atoms with Gasteiger partial charge in [-0.15, -0.1) is 0 Å². The lowest BCUT2D eigenvalue weighted by atomic mass is 9.83. The molecule has 0 aliphatic heterocycles. The van der Waals surface area contributed by atoms with Crippen LogP contribution in [0.4, 0.5) is 0 Å². The Morgan fingerprint density at radius 1 is 1.47 bits per heavy atom. The molecule has 17 heavy (non-hydrogen) atoms.